The van der Waals surface area contributed by atoms with E-state index in [1.807, 2.05) is 58.0 Å². The highest BCUT2D eigenvalue weighted by atomic mass is 16.4. The number of aromatic nitrogens is 1. The number of amides is 1. The molecule has 0 aliphatic carbocycles. The topological polar surface area (TPSA) is 58.4 Å². The summed E-state index contributed by atoms with van der Waals surface area (Å²) in [6, 6.07) is 16.1. The molecule has 1 aliphatic rings. The molecular weight excluding hydrogens is 386 g/mol. The molecule has 3 aromatic rings. The standard InChI is InChI=1S/C26H31N3O2/c1-17-10-11-18(2)23(16-17)27-25(30)19(3)29-14-12-22(13-15-29)26-28-24(20(4)31-26)21-8-6-5-7-9-21/h5-11,16,19,22H,12-15H2,1-4H3,(H,27,30)/t19-/m0/s1. The number of oxazole rings is 1. The summed E-state index contributed by atoms with van der Waals surface area (Å²) in [6.07, 6.45) is 1.88. The molecule has 5 heteroatoms. The van der Waals surface area contributed by atoms with Crippen molar-refractivity contribution >= 4 is 11.6 Å². The Morgan fingerprint density at radius 2 is 1.81 bits per heavy atom. The molecule has 0 saturated carbocycles. The van der Waals surface area contributed by atoms with Crippen LogP contribution in [-0.2, 0) is 4.79 Å². The molecule has 1 aliphatic heterocycles. The SMILES string of the molecule is Cc1ccc(C)c(NC(=O)[C@H](C)N2CCC(c3nc(-c4ccccc4)c(C)o3)CC2)c1. The summed E-state index contributed by atoms with van der Waals surface area (Å²) in [5, 5.41) is 3.11. The summed E-state index contributed by atoms with van der Waals surface area (Å²) in [5.74, 6) is 2.03. The molecule has 1 fully saturated rings. The first kappa shape index (κ1) is 21.3. The molecule has 0 bridgehead atoms. The Kier molecular flexibility index (Phi) is 6.23. The number of rotatable bonds is 5. The van der Waals surface area contributed by atoms with Crippen LogP contribution in [0.4, 0.5) is 5.69 Å². The van der Waals surface area contributed by atoms with Gasteiger partial charge in [0, 0.05) is 17.2 Å². The number of likely N-dealkylation sites (tertiary alicyclic amines) is 1. The fraction of sp³-hybridized carbons (Fsp3) is 0.385. The van der Waals surface area contributed by atoms with Crippen molar-refractivity contribution in [2.75, 3.05) is 18.4 Å². The first-order valence-corrected chi connectivity index (χ1v) is 11.1. The molecular formula is C26H31N3O2. The molecule has 4 rings (SSSR count). The number of anilines is 1. The van der Waals surface area contributed by atoms with E-state index in [1.54, 1.807) is 0 Å². The van der Waals surface area contributed by atoms with E-state index in [1.165, 1.54) is 0 Å². The summed E-state index contributed by atoms with van der Waals surface area (Å²) < 4.78 is 6.05. The van der Waals surface area contributed by atoms with Crippen LogP contribution in [0.3, 0.4) is 0 Å². The smallest absolute Gasteiger partial charge is 0.241 e. The van der Waals surface area contributed by atoms with Crippen LogP contribution >= 0.6 is 0 Å². The largest absolute Gasteiger partial charge is 0.445 e. The van der Waals surface area contributed by atoms with Gasteiger partial charge in [-0.1, -0.05) is 42.5 Å². The Morgan fingerprint density at radius 3 is 2.52 bits per heavy atom. The van der Waals surface area contributed by atoms with E-state index in [0.717, 1.165) is 65.7 Å². The predicted molar refractivity (Wildman–Crippen MR) is 124 cm³/mol. The van der Waals surface area contributed by atoms with Crippen LogP contribution in [0.15, 0.2) is 52.9 Å². The van der Waals surface area contributed by atoms with Gasteiger partial charge in [-0.3, -0.25) is 9.69 Å². The second kappa shape index (κ2) is 9.06. The van der Waals surface area contributed by atoms with Gasteiger partial charge in [0.15, 0.2) is 5.89 Å². The minimum Gasteiger partial charge on any atom is -0.445 e. The van der Waals surface area contributed by atoms with Crippen LogP contribution in [0.25, 0.3) is 11.3 Å². The van der Waals surface area contributed by atoms with Crippen molar-refractivity contribution in [1.82, 2.24) is 9.88 Å². The van der Waals surface area contributed by atoms with Crippen molar-refractivity contribution in [3.05, 3.63) is 71.3 Å². The second-order valence-corrected chi connectivity index (χ2v) is 8.62. The molecule has 162 valence electrons. The maximum Gasteiger partial charge on any atom is 0.241 e. The van der Waals surface area contributed by atoms with Crippen LogP contribution in [0.5, 0.6) is 0 Å². The average Bonchev–Trinajstić information content (AvgIpc) is 3.18. The third-order valence-electron chi connectivity index (χ3n) is 6.32. The van der Waals surface area contributed by atoms with Gasteiger partial charge in [0.1, 0.15) is 11.5 Å². The van der Waals surface area contributed by atoms with Gasteiger partial charge in [-0.25, -0.2) is 4.98 Å². The third kappa shape index (κ3) is 4.72. The van der Waals surface area contributed by atoms with Crippen molar-refractivity contribution in [2.45, 2.75) is 52.5 Å². The van der Waals surface area contributed by atoms with E-state index in [9.17, 15) is 4.79 Å². The van der Waals surface area contributed by atoms with Crippen LogP contribution < -0.4 is 5.32 Å². The van der Waals surface area contributed by atoms with Gasteiger partial charge in [0.05, 0.1) is 6.04 Å². The molecule has 31 heavy (non-hydrogen) atoms. The van der Waals surface area contributed by atoms with E-state index in [-0.39, 0.29) is 11.9 Å². The Hall–Kier alpha value is -2.92. The highest BCUT2D eigenvalue weighted by Gasteiger charge is 2.30. The summed E-state index contributed by atoms with van der Waals surface area (Å²) >= 11 is 0. The molecule has 1 saturated heterocycles. The number of piperidine rings is 1. The van der Waals surface area contributed by atoms with Crippen molar-refractivity contribution in [1.29, 1.82) is 0 Å². The summed E-state index contributed by atoms with van der Waals surface area (Å²) in [5.41, 5.74) is 5.14. The zero-order valence-electron chi connectivity index (χ0n) is 18.8. The summed E-state index contributed by atoms with van der Waals surface area (Å²) in [7, 11) is 0. The summed E-state index contributed by atoms with van der Waals surface area (Å²) in [4.78, 5) is 19.9. The van der Waals surface area contributed by atoms with Crippen LogP contribution in [0.1, 0.15) is 48.5 Å². The second-order valence-electron chi connectivity index (χ2n) is 8.62. The molecule has 0 unspecified atom stereocenters. The first-order valence-electron chi connectivity index (χ1n) is 11.1. The number of nitrogens with zero attached hydrogens (tertiary/aromatic N) is 2. The number of benzene rings is 2. The lowest BCUT2D eigenvalue weighted by molar-refractivity contribution is -0.121. The van der Waals surface area contributed by atoms with E-state index in [2.05, 4.69) is 28.4 Å². The normalized spacial score (nSPS) is 16.3. The Labute approximate surface area is 184 Å². The van der Waals surface area contributed by atoms with Gasteiger partial charge < -0.3 is 9.73 Å². The third-order valence-corrected chi connectivity index (χ3v) is 6.32. The zero-order valence-corrected chi connectivity index (χ0v) is 18.8. The molecule has 0 spiro atoms. The summed E-state index contributed by atoms with van der Waals surface area (Å²) in [6.45, 7) is 9.74. The lowest BCUT2D eigenvalue weighted by Crippen LogP contribution is -2.45. The fourth-order valence-corrected chi connectivity index (χ4v) is 4.26. The molecule has 1 N–H and O–H groups in total. The van der Waals surface area contributed by atoms with Crippen LogP contribution in [-0.4, -0.2) is 34.9 Å². The van der Waals surface area contributed by atoms with Crippen molar-refractivity contribution in [3.63, 3.8) is 0 Å². The average molecular weight is 418 g/mol. The minimum atomic E-state index is -0.174. The number of hydrogen-bond donors (Lipinski definition) is 1. The number of nitrogens with one attached hydrogen (secondary N) is 1. The lowest BCUT2D eigenvalue weighted by Gasteiger charge is -2.34. The lowest BCUT2D eigenvalue weighted by atomic mass is 9.95. The molecule has 1 atom stereocenters. The fourth-order valence-electron chi connectivity index (χ4n) is 4.26. The van der Waals surface area contributed by atoms with Gasteiger partial charge in [-0.15, -0.1) is 0 Å². The first-order chi connectivity index (χ1) is 14.9. The highest BCUT2D eigenvalue weighted by molar-refractivity contribution is 5.95. The molecule has 2 aromatic carbocycles. The van der Waals surface area contributed by atoms with E-state index in [4.69, 9.17) is 9.40 Å². The molecule has 0 radical (unpaired) electrons. The van der Waals surface area contributed by atoms with Crippen molar-refractivity contribution in [2.24, 2.45) is 0 Å². The maximum absolute atomic E-state index is 12.8. The number of hydrogen-bond acceptors (Lipinski definition) is 4. The van der Waals surface area contributed by atoms with E-state index in [0.29, 0.717) is 5.92 Å². The Morgan fingerprint density at radius 1 is 1.10 bits per heavy atom. The monoisotopic (exact) mass is 417 g/mol. The Balaban J connectivity index is 1.37. The van der Waals surface area contributed by atoms with Crippen molar-refractivity contribution < 1.29 is 9.21 Å². The molecule has 2 heterocycles. The highest BCUT2D eigenvalue weighted by Crippen LogP contribution is 2.32. The molecule has 1 aromatic heterocycles. The molecule has 5 nitrogen and oxygen atoms in total. The van der Waals surface area contributed by atoms with Crippen LogP contribution in [0.2, 0.25) is 0 Å². The van der Waals surface area contributed by atoms with Gasteiger partial charge in [0.2, 0.25) is 5.91 Å². The molecule has 1 amide bonds. The number of carbonyl (C=O) groups is 1. The van der Waals surface area contributed by atoms with Gasteiger partial charge in [-0.2, -0.15) is 0 Å². The predicted octanol–water partition coefficient (Wildman–Crippen LogP) is 5.47. The Bertz CT molecular complexity index is 1050. The number of aryl methyl sites for hydroxylation is 3. The van der Waals surface area contributed by atoms with E-state index < -0.39 is 0 Å². The van der Waals surface area contributed by atoms with Gasteiger partial charge in [-0.05, 0) is 70.8 Å². The van der Waals surface area contributed by atoms with Gasteiger partial charge >= 0.3 is 0 Å². The minimum absolute atomic E-state index is 0.0467. The number of carbonyl (C=O) groups excluding carboxylic acids is 1. The van der Waals surface area contributed by atoms with E-state index >= 15 is 0 Å². The zero-order chi connectivity index (χ0) is 22.0. The van der Waals surface area contributed by atoms with Crippen molar-refractivity contribution in [3.8, 4) is 11.3 Å². The van der Waals surface area contributed by atoms with Gasteiger partial charge in [0.25, 0.3) is 0 Å². The van der Waals surface area contributed by atoms with Crippen LogP contribution in [0, 0.1) is 20.8 Å². The quantitative estimate of drug-likeness (QED) is 0.598. The maximum atomic E-state index is 12.8.